The number of aryl methyl sites for hydroxylation is 2. The summed E-state index contributed by atoms with van der Waals surface area (Å²) in [5.41, 5.74) is 8.00. The van der Waals surface area contributed by atoms with Gasteiger partial charge in [0.2, 0.25) is 10.0 Å². The Balaban J connectivity index is 3.28. The highest BCUT2D eigenvalue weighted by Gasteiger charge is 2.27. The highest BCUT2D eigenvalue weighted by Crippen LogP contribution is 2.26. The van der Waals surface area contributed by atoms with E-state index in [-0.39, 0.29) is 29.5 Å². The van der Waals surface area contributed by atoms with Gasteiger partial charge >= 0.3 is 0 Å². The standard InChI is InChI=1S/C15H23N3O2S/c1-11(2)10-18(7-5-6-16)21(19,20)15-9-13(4)12(3)8-14(15)17/h8-9,11H,5,7,10,17H2,1-4H3. The Labute approximate surface area is 127 Å². The number of hydrogen-bond acceptors (Lipinski definition) is 4. The molecule has 0 bridgehead atoms. The van der Waals surface area contributed by atoms with Gasteiger partial charge in [-0.15, -0.1) is 0 Å². The Hall–Kier alpha value is -1.58. The number of nitrogens with two attached hydrogens (primary N) is 1. The molecule has 0 aliphatic heterocycles. The van der Waals surface area contributed by atoms with E-state index in [4.69, 9.17) is 11.0 Å². The second kappa shape index (κ2) is 6.92. The van der Waals surface area contributed by atoms with Crippen LogP contribution in [0.1, 0.15) is 31.4 Å². The van der Waals surface area contributed by atoms with Crippen LogP contribution < -0.4 is 5.73 Å². The predicted molar refractivity (Wildman–Crippen MR) is 84.2 cm³/mol. The second-order valence-electron chi connectivity index (χ2n) is 5.64. The fraction of sp³-hybridized carbons (Fsp3) is 0.533. The van der Waals surface area contributed by atoms with Gasteiger partial charge in [0.05, 0.1) is 11.8 Å². The van der Waals surface area contributed by atoms with E-state index in [0.717, 1.165) is 11.1 Å². The fourth-order valence-electron chi connectivity index (χ4n) is 2.07. The summed E-state index contributed by atoms with van der Waals surface area (Å²) in [6.07, 6.45) is 0.163. The topological polar surface area (TPSA) is 87.2 Å². The molecule has 0 aliphatic carbocycles. The molecule has 0 aromatic heterocycles. The molecule has 0 radical (unpaired) electrons. The molecule has 0 spiro atoms. The van der Waals surface area contributed by atoms with Gasteiger partial charge < -0.3 is 5.73 Å². The maximum atomic E-state index is 12.8. The Kier molecular flexibility index (Phi) is 5.76. The molecule has 2 N–H and O–H groups in total. The first-order chi connectivity index (χ1) is 9.70. The van der Waals surface area contributed by atoms with E-state index < -0.39 is 10.0 Å². The summed E-state index contributed by atoms with van der Waals surface area (Å²) in [7, 11) is -3.68. The number of hydrogen-bond donors (Lipinski definition) is 1. The summed E-state index contributed by atoms with van der Waals surface area (Å²) in [6, 6.07) is 5.28. The summed E-state index contributed by atoms with van der Waals surface area (Å²) in [4.78, 5) is 0.129. The predicted octanol–water partition coefficient (Wildman–Crippen LogP) is 2.45. The van der Waals surface area contributed by atoms with E-state index in [1.54, 1.807) is 12.1 Å². The summed E-state index contributed by atoms with van der Waals surface area (Å²) >= 11 is 0. The Morgan fingerprint density at radius 2 is 1.86 bits per heavy atom. The molecule has 0 heterocycles. The zero-order valence-electron chi connectivity index (χ0n) is 13.0. The molecule has 0 aliphatic rings. The van der Waals surface area contributed by atoms with Crippen LogP contribution in [0.5, 0.6) is 0 Å². The molecule has 0 fully saturated rings. The van der Waals surface area contributed by atoms with Gasteiger partial charge in [0.25, 0.3) is 0 Å². The van der Waals surface area contributed by atoms with Gasteiger partial charge in [0, 0.05) is 19.5 Å². The molecule has 116 valence electrons. The van der Waals surface area contributed by atoms with E-state index in [1.807, 2.05) is 33.8 Å². The number of nitrogens with zero attached hydrogens (tertiary/aromatic N) is 2. The van der Waals surface area contributed by atoms with Crippen molar-refractivity contribution in [1.29, 1.82) is 5.26 Å². The lowest BCUT2D eigenvalue weighted by Crippen LogP contribution is -2.35. The van der Waals surface area contributed by atoms with Crippen molar-refractivity contribution >= 4 is 15.7 Å². The van der Waals surface area contributed by atoms with Crippen molar-refractivity contribution < 1.29 is 8.42 Å². The molecule has 6 heteroatoms. The quantitative estimate of drug-likeness (QED) is 0.818. The van der Waals surface area contributed by atoms with Crippen LogP contribution in [0, 0.1) is 31.1 Å². The highest BCUT2D eigenvalue weighted by molar-refractivity contribution is 7.89. The van der Waals surface area contributed by atoms with Gasteiger partial charge in [-0.05, 0) is 43.0 Å². The van der Waals surface area contributed by atoms with E-state index in [0.29, 0.717) is 6.54 Å². The summed E-state index contributed by atoms with van der Waals surface area (Å²) < 4.78 is 26.9. The lowest BCUT2D eigenvalue weighted by atomic mass is 10.1. The first-order valence-electron chi connectivity index (χ1n) is 6.94. The molecule has 1 aromatic rings. The normalized spacial score (nSPS) is 11.9. The first kappa shape index (κ1) is 17.5. The molecule has 0 atom stereocenters. The molecule has 0 saturated heterocycles. The summed E-state index contributed by atoms with van der Waals surface area (Å²) in [5.74, 6) is 0.172. The maximum Gasteiger partial charge on any atom is 0.245 e. The number of nitriles is 1. The van der Waals surface area contributed by atoms with Crippen molar-refractivity contribution in [3.63, 3.8) is 0 Å². The highest BCUT2D eigenvalue weighted by atomic mass is 32.2. The first-order valence-corrected chi connectivity index (χ1v) is 8.38. The van der Waals surface area contributed by atoms with Crippen LogP contribution in [-0.2, 0) is 10.0 Å². The molecule has 0 unspecified atom stereocenters. The molecule has 5 nitrogen and oxygen atoms in total. The minimum absolute atomic E-state index is 0.129. The minimum Gasteiger partial charge on any atom is -0.398 e. The number of sulfonamides is 1. The zero-order chi connectivity index (χ0) is 16.2. The Morgan fingerprint density at radius 1 is 1.29 bits per heavy atom. The Bertz CT molecular complexity index is 646. The third-order valence-electron chi connectivity index (χ3n) is 3.29. The van der Waals surface area contributed by atoms with Gasteiger partial charge in [-0.2, -0.15) is 9.57 Å². The molecular formula is C15H23N3O2S. The Morgan fingerprint density at radius 3 is 2.38 bits per heavy atom. The van der Waals surface area contributed by atoms with Crippen LogP contribution in [0.3, 0.4) is 0 Å². The van der Waals surface area contributed by atoms with E-state index in [9.17, 15) is 8.42 Å². The van der Waals surface area contributed by atoms with Gasteiger partial charge in [-0.1, -0.05) is 13.8 Å². The van der Waals surface area contributed by atoms with Gasteiger partial charge in [-0.3, -0.25) is 0 Å². The average molecular weight is 309 g/mol. The van der Waals surface area contributed by atoms with Crippen LogP contribution in [0.25, 0.3) is 0 Å². The smallest absolute Gasteiger partial charge is 0.245 e. The molecule has 0 amide bonds. The molecular weight excluding hydrogens is 286 g/mol. The van der Waals surface area contributed by atoms with Crippen molar-refractivity contribution in [3.8, 4) is 6.07 Å². The summed E-state index contributed by atoms with van der Waals surface area (Å²) in [5, 5.41) is 8.72. The van der Waals surface area contributed by atoms with Crippen LogP contribution in [0.15, 0.2) is 17.0 Å². The lowest BCUT2D eigenvalue weighted by Gasteiger charge is -2.24. The van der Waals surface area contributed by atoms with E-state index in [1.165, 1.54) is 4.31 Å². The van der Waals surface area contributed by atoms with E-state index >= 15 is 0 Å². The monoisotopic (exact) mass is 309 g/mol. The van der Waals surface area contributed by atoms with Gasteiger partial charge in [-0.25, -0.2) is 8.42 Å². The maximum absolute atomic E-state index is 12.8. The average Bonchev–Trinajstić information content (AvgIpc) is 2.38. The van der Waals surface area contributed by atoms with Crippen LogP contribution in [-0.4, -0.2) is 25.8 Å². The van der Waals surface area contributed by atoms with Crippen LogP contribution >= 0.6 is 0 Å². The lowest BCUT2D eigenvalue weighted by molar-refractivity contribution is 0.373. The third kappa shape index (κ3) is 4.19. The third-order valence-corrected chi connectivity index (χ3v) is 5.21. The molecule has 0 saturated carbocycles. The van der Waals surface area contributed by atoms with Crippen molar-refractivity contribution in [2.75, 3.05) is 18.8 Å². The zero-order valence-corrected chi connectivity index (χ0v) is 13.9. The van der Waals surface area contributed by atoms with Crippen LogP contribution in [0.4, 0.5) is 5.69 Å². The SMILES string of the molecule is Cc1cc(N)c(S(=O)(=O)N(CCC#N)CC(C)C)cc1C. The van der Waals surface area contributed by atoms with Crippen molar-refractivity contribution in [3.05, 3.63) is 23.3 Å². The number of benzene rings is 1. The van der Waals surface area contributed by atoms with E-state index in [2.05, 4.69) is 0 Å². The largest absolute Gasteiger partial charge is 0.398 e. The fourth-order valence-corrected chi connectivity index (χ4v) is 3.85. The van der Waals surface area contributed by atoms with Crippen molar-refractivity contribution in [1.82, 2.24) is 4.31 Å². The van der Waals surface area contributed by atoms with Crippen molar-refractivity contribution in [2.45, 2.75) is 39.0 Å². The minimum atomic E-state index is -3.68. The molecule has 21 heavy (non-hydrogen) atoms. The molecule has 1 rings (SSSR count). The second-order valence-corrected chi connectivity index (χ2v) is 7.55. The number of anilines is 1. The summed E-state index contributed by atoms with van der Waals surface area (Å²) in [6.45, 7) is 8.19. The van der Waals surface area contributed by atoms with Crippen LogP contribution in [0.2, 0.25) is 0 Å². The van der Waals surface area contributed by atoms with Gasteiger partial charge in [0.1, 0.15) is 4.90 Å². The number of rotatable bonds is 6. The van der Waals surface area contributed by atoms with Crippen molar-refractivity contribution in [2.24, 2.45) is 5.92 Å². The number of nitrogen functional groups attached to an aromatic ring is 1. The van der Waals surface area contributed by atoms with Gasteiger partial charge in [0.15, 0.2) is 0 Å². The molecule has 1 aromatic carbocycles.